The lowest BCUT2D eigenvalue weighted by atomic mass is 10.1. The molecule has 0 aliphatic rings. The van der Waals surface area contributed by atoms with Gasteiger partial charge in [-0.15, -0.1) is 10.2 Å². The lowest BCUT2D eigenvalue weighted by Gasteiger charge is -2.08. The van der Waals surface area contributed by atoms with Crippen LogP contribution >= 0.6 is 22.9 Å². The second kappa shape index (κ2) is 7.59. The molecule has 5 nitrogen and oxygen atoms in total. The predicted octanol–water partition coefficient (Wildman–Crippen LogP) is 3.91. The zero-order valence-corrected chi connectivity index (χ0v) is 15.3. The molecule has 1 heterocycles. The second-order valence-corrected chi connectivity index (χ2v) is 8.34. The number of rotatable bonds is 7. The van der Waals surface area contributed by atoms with E-state index in [9.17, 15) is 8.42 Å². The van der Waals surface area contributed by atoms with Gasteiger partial charge < -0.3 is 0 Å². The summed E-state index contributed by atoms with van der Waals surface area (Å²) in [6, 6.07) is 4.76. The third-order valence-corrected chi connectivity index (χ3v) is 6.04. The molecule has 1 aromatic heterocycles. The average molecular weight is 372 g/mol. The van der Waals surface area contributed by atoms with Crippen molar-refractivity contribution in [1.29, 1.82) is 0 Å². The lowest BCUT2D eigenvalue weighted by molar-refractivity contribution is 0.600. The summed E-state index contributed by atoms with van der Waals surface area (Å²) >= 11 is 7.21. The summed E-state index contributed by atoms with van der Waals surface area (Å²) < 4.78 is 27.3. The van der Waals surface area contributed by atoms with Crippen LogP contribution in [0.15, 0.2) is 23.1 Å². The molecule has 2 aromatic rings. The Morgan fingerprint density at radius 1 is 1.43 bits per heavy atom. The maximum atomic E-state index is 12.4. The molecule has 2 radical (unpaired) electrons. The van der Waals surface area contributed by atoms with Crippen LogP contribution in [-0.2, 0) is 16.4 Å². The van der Waals surface area contributed by atoms with Gasteiger partial charge in [0.2, 0.25) is 5.13 Å². The van der Waals surface area contributed by atoms with E-state index in [4.69, 9.17) is 11.6 Å². The predicted molar refractivity (Wildman–Crippen MR) is 94.0 cm³/mol. The molecule has 1 atom stereocenters. The van der Waals surface area contributed by atoms with Gasteiger partial charge in [-0.2, -0.15) is 0 Å². The van der Waals surface area contributed by atoms with Crippen molar-refractivity contribution in [3.63, 3.8) is 0 Å². The first-order valence-electron chi connectivity index (χ1n) is 7.06. The first-order valence-corrected chi connectivity index (χ1v) is 9.74. The number of aryl methyl sites for hydroxylation is 1. The van der Waals surface area contributed by atoms with Crippen LogP contribution in [0.3, 0.4) is 0 Å². The van der Waals surface area contributed by atoms with Crippen molar-refractivity contribution in [2.75, 3.05) is 4.72 Å². The Hall–Kier alpha value is -1.18. The van der Waals surface area contributed by atoms with Gasteiger partial charge in [-0.1, -0.05) is 42.9 Å². The average Bonchev–Trinajstić information content (AvgIpc) is 2.88. The maximum absolute atomic E-state index is 12.4. The SMILES string of the molecule is [CH2]C(C)[CH]CCc1nnc(NS(=O)(=O)c2cccc(Cl)c2C)s1. The summed E-state index contributed by atoms with van der Waals surface area (Å²) in [5, 5.41) is 9.34. The summed E-state index contributed by atoms with van der Waals surface area (Å²) in [4.78, 5) is 0.140. The highest BCUT2D eigenvalue weighted by Gasteiger charge is 2.20. The quantitative estimate of drug-likeness (QED) is 0.800. The molecule has 0 amide bonds. The number of nitrogens with zero attached hydrogens (tertiary/aromatic N) is 2. The van der Waals surface area contributed by atoms with Gasteiger partial charge in [0.1, 0.15) is 5.01 Å². The van der Waals surface area contributed by atoms with Crippen LogP contribution in [0, 0.1) is 26.2 Å². The van der Waals surface area contributed by atoms with Gasteiger partial charge >= 0.3 is 0 Å². The zero-order chi connectivity index (χ0) is 17.0. The van der Waals surface area contributed by atoms with Crippen molar-refractivity contribution in [3.05, 3.63) is 47.1 Å². The molecule has 8 heteroatoms. The van der Waals surface area contributed by atoms with E-state index in [1.807, 2.05) is 6.92 Å². The van der Waals surface area contributed by atoms with Crippen LogP contribution in [0.25, 0.3) is 0 Å². The Morgan fingerprint density at radius 3 is 2.87 bits per heavy atom. The molecular weight excluding hydrogens is 354 g/mol. The summed E-state index contributed by atoms with van der Waals surface area (Å²) in [6.07, 6.45) is 3.63. The van der Waals surface area contributed by atoms with Crippen LogP contribution < -0.4 is 4.72 Å². The van der Waals surface area contributed by atoms with E-state index < -0.39 is 10.0 Å². The Bertz CT molecular complexity index is 773. The molecule has 0 spiro atoms. The van der Waals surface area contributed by atoms with Gasteiger partial charge in [0.05, 0.1) is 4.90 Å². The molecule has 0 saturated carbocycles. The molecule has 23 heavy (non-hydrogen) atoms. The van der Waals surface area contributed by atoms with Crippen LogP contribution in [0.2, 0.25) is 5.02 Å². The minimum absolute atomic E-state index is 0.140. The fraction of sp³-hybridized carbons (Fsp3) is 0.333. The molecule has 0 aliphatic carbocycles. The number of nitrogens with one attached hydrogen (secondary N) is 1. The molecule has 0 aliphatic heterocycles. The third kappa shape index (κ3) is 4.89. The summed E-state index contributed by atoms with van der Waals surface area (Å²) in [7, 11) is -3.73. The van der Waals surface area contributed by atoms with E-state index in [2.05, 4.69) is 28.3 Å². The number of benzene rings is 1. The number of aromatic nitrogens is 2. The third-order valence-electron chi connectivity index (χ3n) is 3.12. The Morgan fingerprint density at radius 2 is 2.17 bits per heavy atom. The van der Waals surface area contributed by atoms with E-state index in [0.717, 1.165) is 17.8 Å². The molecule has 1 aromatic carbocycles. The zero-order valence-electron chi connectivity index (χ0n) is 12.9. The Balaban J connectivity index is 2.09. The standard InChI is InChI=1S/C15H18ClN3O2S2/c1-10(2)6-4-9-14-17-18-15(22-14)19-23(20,21)13-8-5-7-12(16)11(13)3/h5-8,10H,1,4,9H2,2-3H3,(H,18,19). The maximum Gasteiger partial charge on any atom is 0.264 e. The minimum Gasteiger partial charge on any atom is -0.253 e. The van der Waals surface area contributed by atoms with Gasteiger partial charge in [-0.25, -0.2) is 8.42 Å². The van der Waals surface area contributed by atoms with Gasteiger partial charge in [0.15, 0.2) is 0 Å². The highest BCUT2D eigenvalue weighted by atomic mass is 35.5. The molecule has 2 rings (SSSR count). The molecule has 124 valence electrons. The second-order valence-electron chi connectivity index (χ2n) is 5.22. The van der Waals surface area contributed by atoms with Gasteiger partial charge in [-0.3, -0.25) is 4.72 Å². The Kier molecular flexibility index (Phi) is 6.00. The first-order chi connectivity index (χ1) is 10.8. The first kappa shape index (κ1) is 18.2. The van der Waals surface area contributed by atoms with E-state index in [1.54, 1.807) is 19.1 Å². The van der Waals surface area contributed by atoms with Crippen molar-refractivity contribution in [2.45, 2.75) is 31.6 Å². The van der Waals surface area contributed by atoms with Crippen LogP contribution in [-0.4, -0.2) is 18.6 Å². The van der Waals surface area contributed by atoms with Gasteiger partial charge in [0.25, 0.3) is 10.0 Å². The van der Waals surface area contributed by atoms with E-state index in [1.165, 1.54) is 17.4 Å². The monoisotopic (exact) mass is 371 g/mol. The molecule has 0 bridgehead atoms. The van der Waals surface area contributed by atoms with Crippen molar-refractivity contribution >= 4 is 38.1 Å². The smallest absolute Gasteiger partial charge is 0.253 e. The minimum atomic E-state index is -3.73. The van der Waals surface area contributed by atoms with Crippen LogP contribution in [0.5, 0.6) is 0 Å². The van der Waals surface area contributed by atoms with Crippen molar-refractivity contribution in [1.82, 2.24) is 10.2 Å². The van der Waals surface area contributed by atoms with Gasteiger partial charge in [-0.05, 0) is 43.4 Å². The van der Waals surface area contributed by atoms with Crippen molar-refractivity contribution in [3.8, 4) is 0 Å². The number of sulfonamides is 1. The van der Waals surface area contributed by atoms with Crippen LogP contribution in [0.4, 0.5) is 5.13 Å². The van der Waals surface area contributed by atoms with Crippen molar-refractivity contribution < 1.29 is 8.42 Å². The largest absolute Gasteiger partial charge is 0.264 e. The number of halogens is 1. The molecule has 0 saturated heterocycles. The fourth-order valence-corrected chi connectivity index (χ4v) is 4.42. The normalized spacial score (nSPS) is 11.9. The van der Waals surface area contributed by atoms with Crippen LogP contribution in [0.1, 0.15) is 23.9 Å². The highest BCUT2D eigenvalue weighted by Crippen LogP contribution is 2.26. The molecule has 0 fully saturated rings. The van der Waals surface area contributed by atoms with Crippen molar-refractivity contribution in [2.24, 2.45) is 5.92 Å². The molecule has 1 unspecified atom stereocenters. The van der Waals surface area contributed by atoms with E-state index >= 15 is 0 Å². The highest BCUT2D eigenvalue weighted by molar-refractivity contribution is 7.93. The number of hydrogen-bond acceptors (Lipinski definition) is 5. The lowest BCUT2D eigenvalue weighted by Crippen LogP contribution is -2.14. The topological polar surface area (TPSA) is 72.0 Å². The molecule has 1 N–H and O–H groups in total. The molecular formula is C15H18ClN3O2S2. The summed E-state index contributed by atoms with van der Waals surface area (Å²) in [6.45, 7) is 7.55. The fourth-order valence-electron chi connectivity index (χ4n) is 1.94. The number of anilines is 1. The number of hydrogen-bond donors (Lipinski definition) is 1. The van der Waals surface area contributed by atoms with E-state index in [0.29, 0.717) is 10.6 Å². The van der Waals surface area contributed by atoms with Gasteiger partial charge in [0, 0.05) is 11.4 Å². The summed E-state index contributed by atoms with van der Waals surface area (Å²) in [5.74, 6) is 0.270. The summed E-state index contributed by atoms with van der Waals surface area (Å²) in [5.41, 5.74) is 0.505. The van der Waals surface area contributed by atoms with E-state index in [-0.39, 0.29) is 15.9 Å². The Labute approximate surface area is 146 Å².